The molecule has 0 saturated carbocycles. The Morgan fingerprint density at radius 1 is 1.47 bits per heavy atom. The van der Waals surface area contributed by atoms with Gasteiger partial charge in [-0.25, -0.2) is 4.39 Å². The molecule has 3 rings (SSSR count). The predicted octanol–water partition coefficient (Wildman–Crippen LogP) is 2.97. The van der Waals surface area contributed by atoms with Gasteiger partial charge in [0.25, 0.3) is 0 Å². The van der Waals surface area contributed by atoms with Crippen LogP contribution in [0.3, 0.4) is 0 Å². The fourth-order valence-electron chi connectivity index (χ4n) is 2.97. The predicted molar refractivity (Wildman–Crippen MR) is 76.9 cm³/mol. The van der Waals surface area contributed by atoms with E-state index in [1.54, 1.807) is 12.1 Å². The maximum Gasteiger partial charge on any atom is 0.123 e. The van der Waals surface area contributed by atoms with Crippen molar-refractivity contribution in [3.05, 3.63) is 35.6 Å². The van der Waals surface area contributed by atoms with Crippen molar-refractivity contribution < 1.29 is 9.13 Å². The first kappa shape index (κ1) is 13.4. The molecule has 2 nitrogen and oxygen atoms in total. The largest absolute Gasteiger partial charge is 0.374 e. The van der Waals surface area contributed by atoms with Crippen molar-refractivity contribution in [3.63, 3.8) is 0 Å². The van der Waals surface area contributed by atoms with E-state index in [0.29, 0.717) is 6.04 Å². The van der Waals surface area contributed by atoms with Crippen molar-refractivity contribution in [1.29, 1.82) is 0 Å². The highest BCUT2D eigenvalue weighted by Crippen LogP contribution is 2.38. The van der Waals surface area contributed by atoms with Crippen LogP contribution in [0.5, 0.6) is 0 Å². The summed E-state index contributed by atoms with van der Waals surface area (Å²) in [5.41, 5.74) is 1.13. The molecule has 1 spiro atoms. The standard InChI is InChI=1S/C15H20FNOS/c16-13-3-1-2-12(8-13)10-17-14-4-6-18-15(9-14)5-7-19-11-15/h1-3,8,14,17H,4-7,9-11H2. The van der Waals surface area contributed by atoms with Crippen LogP contribution in [0.4, 0.5) is 4.39 Å². The van der Waals surface area contributed by atoms with Crippen molar-refractivity contribution in [2.75, 3.05) is 18.1 Å². The number of benzene rings is 1. The van der Waals surface area contributed by atoms with E-state index < -0.39 is 0 Å². The van der Waals surface area contributed by atoms with Gasteiger partial charge in [0.1, 0.15) is 5.82 Å². The molecule has 1 N–H and O–H groups in total. The Hall–Kier alpha value is -0.580. The van der Waals surface area contributed by atoms with Crippen molar-refractivity contribution in [2.24, 2.45) is 0 Å². The second-order valence-corrected chi connectivity index (χ2v) is 6.64. The summed E-state index contributed by atoms with van der Waals surface area (Å²) in [5.74, 6) is 2.19. The normalized spacial score (nSPS) is 30.9. The molecule has 104 valence electrons. The molecule has 4 heteroatoms. The van der Waals surface area contributed by atoms with Gasteiger partial charge in [-0.1, -0.05) is 12.1 Å². The minimum Gasteiger partial charge on any atom is -0.374 e. The molecular weight excluding hydrogens is 261 g/mol. The van der Waals surface area contributed by atoms with E-state index in [4.69, 9.17) is 4.74 Å². The molecule has 1 aromatic rings. The van der Waals surface area contributed by atoms with Gasteiger partial charge in [0.2, 0.25) is 0 Å². The van der Waals surface area contributed by atoms with Gasteiger partial charge in [0, 0.05) is 24.9 Å². The van der Waals surface area contributed by atoms with Crippen LogP contribution in [-0.2, 0) is 11.3 Å². The first-order valence-corrected chi connectivity index (χ1v) is 8.11. The third-order valence-corrected chi connectivity index (χ3v) is 5.27. The molecule has 1 aromatic carbocycles. The van der Waals surface area contributed by atoms with Gasteiger partial charge >= 0.3 is 0 Å². The number of thioether (sulfide) groups is 1. The van der Waals surface area contributed by atoms with E-state index in [9.17, 15) is 4.39 Å². The molecule has 2 unspecified atom stereocenters. The SMILES string of the molecule is Fc1cccc(CNC2CCOC3(CCSC3)C2)c1. The second-order valence-electron chi connectivity index (χ2n) is 5.53. The number of halogens is 1. The van der Waals surface area contributed by atoms with Gasteiger partial charge in [0.05, 0.1) is 5.60 Å². The van der Waals surface area contributed by atoms with Gasteiger partial charge in [0.15, 0.2) is 0 Å². The zero-order chi connectivity index (χ0) is 13.1. The third-order valence-electron chi connectivity index (χ3n) is 4.04. The highest BCUT2D eigenvalue weighted by Gasteiger charge is 2.40. The minimum absolute atomic E-state index is 0.114. The lowest BCUT2D eigenvalue weighted by atomic mass is 9.90. The van der Waals surface area contributed by atoms with Gasteiger partial charge in [-0.05, 0) is 42.7 Å². The molecule has 2 atom stereocenters. The summed E-state index contributed by atoms with van der Waals surface area (Å²) in [6.07, 6.45) is 3.33. The lowest BCUT2D eigenvalue weighted by Gasteiger charge is -2.38. The van der Waals surface area contributed by atoms with Crippen LogP contribution in [0.25, 0.3) is 0 Å². The second kappa shape index (κ2) is 5.81. The van der Waals surface area contributed by atoms with Crippen LogP contribution in [-0.4, -0.2) is 29.8 Å². The quantitative estimate of drug-likeness (QED) is 0.920. The van der Waals surface area contributed by atoms with Gasteiger partial charge in [-0.3, -0.25) is 0 Å². The average Bonchev–Trinajstić information content (AvgIpc) is 2.85. The topological polar surface area (TPSA) is 21.3 Å². The monoisotopic (exact) mass is 281 g/mol. The summed E-state index contributed by atoms with van der Waals surface area (Å²) in [6.45, 7) is 1.59. The molecule has 0 radical (unpaired) electrons. The lowest BCUT2D eigenvalue weighted by molar-refractivity contribution is -0.0703. The van der Waals surface area contributed by atoms with Crippen LogP contribution in [0, 0.1) is 5.82 Å². The molecular formula is C15H20FNOS. The average molecular weight is 281 g/mol. The maximum atomic E-state index is 13.1. The zero-order valence-corrected chi connectivity index (χ0v) is 11.8. The Morgan fingerprint density at radius 3 is 3.21 bits per heavy atom. The zero-order valence-electron chi connectivity index (χ0n) is 11.0. The summed E-state index contributed by atoms with van der Waals surface area (Å²) >= 11 is 2.00. The number of rotatable bonds is 3. The smallest absolute Gasteiger partial charge is 0.123 e. The van der Waals surface area contributed by atoms with Gasteiger partial charge in [-0.15, -0.1) is 0 Å². The lowest BCUT2D eigenvalue weighted by Crippen LogP contribution is -2.47. The minimum atomic E-state index is -0.157. The van der Waals surface area contributed by atoms with Crippen LogP contribution >= 0.6 is 11.8 Å². The van der Waals surface area contributed by atoms with E-state index >= 15 is 0 Å². The van der Waals surface area contributed by atoms with Crippen molar-refractivity contribution >= 4 is 11.8 Å². The van der Waals surface area contributed by atoms with Crippen LogP contribution in [0.2, 0.25) is 0 Å². The number of ether oxygens (including phenoxy) is 1. The van der Waals surface area contributed by atoms with E-state index in [1.165, 1.54) is 18.2 Å². The highest BCUT2D eigenvalue weighted by molar-refractivity contribution is 7.99. The molecule has 2 aliphatic heterocycles. The van der Waals surface area contributed by atoms with Crippen LogP contribution in [0.15, 0.2) is 24.3 Å². The van der Waals surface area contributed by atoms with Crippen molar-refractivity contribution in [1.82, 2.24) is 5.32 Å². The molecule has 19 heavy (non-hydrogen) atoms. The van der Waals surface area contributed by atoms with Crippen LogP contribution < -0.4 is 5.32 Å². The van der Waals surface area contributed by atoms with Crippen molar-refractivity contribution in [2.45, 2.75) is 37.5 Å². The Balaban J connectivity index is 1.55. The molecule has 0 aromatic heterocycles. The Bertz CT molecular complexity index is 434. The fraction of sp³-hybridized carbons (Fsp3) is 0.600. The molecule has 2 aliphatic rings. The summed E-state index contributed by atoms with van der Waals surface area (Å²) < 4.78 is 19.1. The van der Waals surface area contributed by atoms with Crippen LogP contribution in [0.1, 0.15) is 24.8 Å². The van der Waals surface area contributed by atoms with E-state index in [-0.39, 0.29) is 11.4 Å². The molecule has 0 amide bonds. The first-order chi connectivity index (χ1) is 9.26. The molecule has 2 fully saturated rings. The molecule has 2 saturated heterocycles. The summed E-state index contributed by atoms with van der Waals surface area (Å²) in [5, 5.41) is 3.56. The molecule has 2 heterocycles. The summed E-state index contributed by atoms with van der Waals surface area (Å²) in [7, 11) is 0. The highest BCUT2D eigenvalue weighted by atomic mass is 32.2. The summed E-state index contributed by atoms with van der Waals surface area (Å²) in [6, 6.07) is 7.33. The van der Waals surface area contributed by atoms with Crippen molar-refractivity contribution in [3.8, 4) is 0 Å². The number of hydrogen-bond donors (Lipinski definition) is 1. The maximum absolute atomic E-state index is 13.1. The Kier molecular flexibility index (Phi) is 4.10. The van der Waals surface area contributed by atoms with Gasteiger partial charge in [-0.2, -0.15) is 11.8 Å². The number of nitrogens with one attached hydrogen (secondary N) is 1. The van der Waals surface area contributed by atoms with E-state index in [0.717, 1.165) is 37.3 Å². The Labute approximate surface area is 118 Å². The molecule has 0 aliphatic carbocycles. The molecule has 0 bridgehead atoms. The first-order valence-electron chi connectivity index (χ1n) is 6.95. The third kappa shape index (κ3) is 3.30. The summed E-state index contributed by atoms with van der Waals surface area (Å²) in [4.78, 5) is 0. The van der Waals surface area contributed by atoms with E-state index in [1.807, 2.05) is 17.8 Å². The number of hydrogen-bond acceptors (Lipinski definition) is 3. The van der Waals surface area contributed by atoms with E-state index in [2.05, 4.69) is 5.32 Å². The van der Waals surface area contributed by atoms with Gasteiger partial charge < -0.3 is 10.1 Å². The fourth-order valence-corrected chi connectivity index (χ4v) is 4.35. The Morgan fingerprint density at radius 2 is 2.42 bits per heavy atom.